The molecule has 4 heteroatoms. The third kappa shape index (κ3) is 4.51. The van der Waals surface area contributed by atoms with E-state index in [2.05, 4.69) is 6.92 Å². The van der Waals surface area contributed by atoms with Gasteiger partial charge in [-0.05, 0) is 6.42 Å². The first kappa shape index (κ1) is 13.6. The van der Waals surface area contributed by atoms with Gasteiger partial charge in [0.15, 0.2) is 0 Å². The van der Waals surface area contributed by atoms with E-state index in [0.717, 1.165) is 30.6 Å². The number of imide groups is 1. The SMILES string of the molecule is CCCCCCC(=O)CCN1C(=O)C=CC1=O. The van der Waals surface area contributed by atoms with E-state index in [0.29, 0.717) is 6.42 Å². The van der Waals surface area contributed by atoms with Gasteiger partial charge in [-0.2, -0.15) is 0 Å². The van der Waals surface area contributed by atoms with E-state index in [9.17, 15) is 14.4 Å². The van der Waals surface area contributed by atoms with Gasteiger partial charge < -0.3 is 0 Å². The minimum Gasteiger partial charge on any atom is -0.300 e. The van der Waals surface area contributed by atoms with Gasteiger partial charge in [0.25, 0.3) is 11.8 Å². The van der Waals surface area contributed by atoms with E-state index >= 15 is 0 Å². The zero-order valence-corrected chi connectivity index (χ0v) is 10.3. The fourth-order valence-electron chi connectivity index (χ4n) is 1.76. The van der Waals surface area contributed by atoms with Crippen LogP contribution in [0.15, 0.2) is 12.2 Å². The fraction of sp³-hybridized carbons (Fsp3) is 0.615. The summed E-state index contributed by atoms with van der Waals surface area (Å²) in [5.74, 6) is -0.490. The van der Waals surface area contributed by atoms with Crippen molar-refractivity contribution >= 4 is 17.6 Å². The highest BCUT2D eigenvalue weighted by Gasteiger charge is 2.23. The summed E-state index contributed by atoms with van der Waals surface area (Å²) in [7, 11) is 0. The van der Waals surface area contributed by atoms with Crippen molar-refractivity contribution in [3.05, 3.63) is 12.2 Å². The minimum absolute atomic E-state index is 0.133. The van der Waals surface area contributed by atoms with Gasteiger partial charge in [0, 0.05) is 31.5 Å². The lowest BCUT2D eigenvalue weighted by molar-refractivity contribution is -0.137. The van der Waals surface area contributed by atoms with E-state index in [1.54, 1.807) is 0 Å². The van der Waals surface area contributed by atoms with E-state index in [1.165, 1.54) is 12.2 Å². The van der Waals surface area contributed by atoms with Gasteiger partial charge in [0.1, 0.15) is 5.78 Å². The molecule has 0 N–H and O–H groups in total. The number of amides is 2. The van der Waals surface area contributed by atoms with Crippen LogP contribution in [-0.2, 0) is 14.4 Å². The van der Waals surface area contributed by atoms with Gasteiger partial charge in [-0.1, -0.05) is 26.2 Å². The molecule has 0 bridgehead atoms. The highest BCUT2D eigenvalue weighted by atomic mass is 16.2. The molecule has 17 heavy (non-hydrogen) atoms. The molecular formula is C13H19NO3. The third-order valence-corrected chi connectivity index (χ3v) is 2.82. The van der Waals surface area contributed by atoms with Crippen LogP contribution in [0.3, 0.4) is 0 Å². The maximum Gasteiger partial charge on any atom is 0.253 e. The predicted molar refractivity (Wildman–Crippen MR) is 64.2 cm³/mol. The highest BCUT2D eigenvalue weighted by Crippen LogP contribution is 2.08. The molecule has 0 aromatic rings. The Hall–Kier alpha value is -1.45. The van der Waals surface area contributed by atoms with Crippen molar-refractivity contribution in [3.63, 3.8) is 0 Å². The van der Waals surface area contributed by atoms with Gasteiger partial charge >= 0.3 is 0 Å². The van der Waals surface area contributed by atoms with E-state index in [-0.39, 0.29) is 30.6 Å². The van der Waals surface area contributed by atoms with Crippen molar-refractivity contribution in [2.24, 2.45) is 0 Å². The molecule has 0 unspecified atom stereocenters. The first-order chi connectivity index (χ1) is 8.15. The average Bonchev–Trinajstić information content (AvgIpc) is 2.62. The van der Waals surface area contributed by atoms with Crippen molar-refractivity contribution < 1.29 is 14.4 Å². The molecule has 2 amide bonds. The summed E-state index contributed by atoms with van der Waals surface area (Å²) < 4.78 is 0. The summed E-state index contributed by atoms with van der Waals surface area (Å²) in [6, 6.07) is 0. The second kappa shape index (κ2) is 6.99. The quantitative estimate of drug-likeness (QED) is 0.478. The third-order valence-electron chi connectivity index (χ3n) is 2.82. The second-order valence-corrected chi connectivity index (χ2v) is 4.26. The molecule has 94 valence electrons. The molecule has 0 saturated carbocycles. The maximum absolute atomic E-state index is 11.5. The number of hydrogen-bond acceptors (Lipinski definition) is 3. The Labute approximate surface area is 102 Å². The monoisotopic (exact) mass is 237 g/mol. The fourth-order valence-corrected chi connectivity index (χ4v) is 1.76. The average molecular weight is 237 g/mol. The van der Waals surface area contributed by atoms with Crippen LogP contribution in [0.25, 0.3) is 0 Å². The Kier molecular flexibility index (Phi) is 5.60. The van der Waals surface area contributed by atoms with E-state index in [1.807, 2.05) is 0 Å². The smallest absolute Gasteiger partial charge is 0.253 e. The van der Waals surface area contributed by atoms with Crippen LogP contribution in [0.1, 0.15) is 45.4 Å². The number of ketones is 1. The summed E-state index contributed by atoms with van der Waals surface area (Å²) in [6.45, 7) is 2.34. The Morgan fingerprint density at radius 2 is 1.71 bits per heavy atom. The van der Waals surface area contributed by atoms with Crippen LogP contribution in [0.5, 0.6) is 0 Å². The molecule has 0 aromatic heterocycles. The zero-order chi connectivity index (χ0) is 12.7. The molecule has 0 fully saturated rings. The molecule has 1 aliphatic heterocycles. The Morgan fingerprint density at radius 1 is 1.06 bits per heavy atom. The number of rotatable bonds is 8. The molecule has 0 radical (unpaired) electrons. The van der Waals surface area contributed by atoms with Gasteiger partial charge in [-0.25, -0.2) is 0 Å². The number of carbonyl (C=O) groups excluding carboxylic acids is 3. The topological polar surface area (TPSA) is 54.5 Å². The summed E-state index contributed by atoms with van der Waals surface area (Å²) in [5, 5.41) is 0. The normalized spacial score (nSPS) is 14.8. The largest absolute Gasteiger partial charge is 0.300 e. The van der Waals surface area contributed by atoms with Crippen LogP contribution in [0.2, 0.25) is 0 Å². The van der Waals surface area contributed by atoms with E-state index < -0.39 is 0 Å². The van der Waals surface area contributed by atoms with Crippen molar-refractivity contribution in [1.29, 1.82) is 0 Å². The number of carbonyl (C=O) groups is 3. The number of hydrogen-bond donors (Lipinski definition) is 0. The zero-order valence-electron chi connectivity index (χ0n) is 10.3. The predicted octanol–water partition coefficient (Wildman–Crippen LogP) is 1.84. The van der Waals surface area contributed by atoms with Crippen molar-refractivity contribution in [2.45, 2.75) is 45.4 Å². The first-order valence-electron chi connectivity index (χ1n) is 6.20. The molecule has 1 rings (SSSR count). The Bertz CT molecular complexity index is 316. The molecule has 1 heterocycles. The Balaban J connectivity index is 2.16. The summed E-state index contributed by atoms with van der Waals surface area (Å²) >= 11 is 0. The lowest BCUT2D eigenvalue weighted by atomic mass is 10.1. The van der Waals surface area contributed by atoms with Gasteiger partial charge in [0.05, 0.1) is 0 Å². The van der Waals surface area contributed by atoms with Crippen LogP contribution in [-0.4, -0.2) is 29.0 Å². The first-order valence-corrected chi connectivity index (χ1v) is 6.20. The van der Waals surface area contributed by atoms with Crippen molar-refractivity contribution in [3.8, 4) is 0 Å². The molecule has 0 spiro atoms. The summed E-state index contributed by atoms with van der Waals surface area (Å²) in [6.07, 6.45) is 7.62. The van der Waals surface area contributed by atoms with Gasteiger partial charge in [0.2, 0.25) is 0 Å². The molecule has 0 aliphatic carbocycles. The number of unbranched alkanes of at least 4 members (excludes halogenated alkanes) is 3. The second-order valence-electron chi connectivity index (χ2n) is 4.26. The lowest BCUT2D eigenvalue weighted by Crippen LogP contribution is -2.32. The summed E-state index contributed by atoms with van der Waals surface area (Å²) in [4.78, 5) is 35.0. The van der Waals surface area contributed by atoms with Crippen LogP contribution in [0.4, 0.5) is 0 Å². The number of nitrogens with zero attached hydrogens (tertiary/aromatic N) is 1. The molecule has 1 aliphatic rings. The molecule has 0 aromatic carbocycles. The lowest BCUT2D eigenvalue weighted by Gasteiger charge is -2.12. The number of Topliss-reactive ketones (excluding diaryl/α,β-unsaturated/α-hetero) is 1. The molecular weight excluding hydrogens is 218 g/mol. The van der Waals surface area contributed by atoms with Crippen molar-refractivity contribution in [2.75, 3.05) is 6.54 Å². The molecule has 0 atom stereocenters. The van der Waals surface area contributed by atoms with Gasteiger partial charge in [-0.15, -0.1) is 0 Å². The molecule has 0 saturated heterocycles. The minimum atomic E-state index is -0.311. The van der Waals surface area contributed by atoms with Crippen LogP contribution < -0.4 is 0 Å². The van der Waals surface area contributed by atoms with Gasteiger partial charge in [-0.3, -0.25) is 19.3 Å². The van der Waals surface area contributed by atoms with Crippen molar-refractivity contribution in [1.82, 2.24) is 4.90 Å². The maximum atomic E-state index is 11.5. The molecule has 4 nitrogen and oxygen atoms in total. The van der Waals surface area contributed by atoms with E-state index in [4.69, 9.17) is 0 Å². The summed E-state index contributed by atoms with van der Waals surface area (Å²) in [5.41, 5.74) is 0. The standard InChI is InChI=1S/C13H19NO3/c1-2-3-4-5-6-11(15)9-10-14-12(16)7-8-13(14)17/h7-8H,2-6,9-10H2,1H3. The Morgan fingerprint density at radius 3 is 2.29 bits per heavy atom. The van der Waals surface area contributed by atoms with Crippen LogP contribution in [0, 0.1) is 0 Å². The van der Waals surface area contributed by atoms with Crippen LogP contribution >= 0.6 is 0 Å². The highest BCUT2D eigenvalue weighted by molar-refractivity contribution is 6.13.